The summed E-state index contributed by atoms with van der Waals surface area (Å²) in [6, 6.07) is 4.19. The highest BCUT2D eigenvalue weighted by Crippen LogP contribution is 2.27. The third kappa shape index (κ3) is 3.00. The number of aromatic hydroxyl groups is 1. The summed E-state index contributed by atoms with van der Waals surface area (Å²) in [4.78, 5) is 0. The van der Waals surface area contributed by atoms with Crippen LogP contribution in [0.3, 0.4) is 0 Å². The van der Waals surface area contributed by atoms with Crippen molar-refractivity contribution >= 4 is 27.3 Å². The molecule has 0 aliphatic rings. The highest BCUT2D eigenvalue weighted by atomic mass is 35.5. The first-order chi connectivity index (χ1) is 6.83. The number of benzene rings is 1. The maximum Gasteiger partial charge on any atom is 0.235 e. The zero-order chi connectivity index (χ0) is 11.6. The molecule has 0 saturated heterocycles. The minimum atomic E-state index is -3.44. The molecule has 0 bridgehead atoms. The molecule has 0 unspecified atom stereocenters. The Labute approximate surface area is 93.9 Å². The molecule has 0 saturated carbocycles. The predicted molar refractivity (Wildman–Crippen MR) is 60.8 cm³/mol. The number of rotatable bonds is 3. The summed E-state index contributed by atoms with van der Waals surface area (Å²) in [5.74, 6) is -0.188. The Morgan fingerprint density at radius 1 is 1.40 bits per heavy atom. The SMILES string of the molecule is CC(C)S(=O)(=O)Nc1ccc(Cl)cc1O. The number of anilines is 1. The number of hydrogen-bond donors (Lipinski definition) is 2. The normalized spacial score (nSPS) is 11.7. The van der Waals surface area contributed by atoms with Crippen molar-refractivity contribution in [2.75, 3.05) is 4.72 Å². The first-order valence-electron chi connectivity index (χ1n) is 4.33. The van der Waals surface area contributed by atoms with Crippen LogP contribution in [0.1, 0.15) is 13.8 Å². The Morgan fingerprint density at radius 3 is 2.47 bits per heavy atom. The summed E-state index contributed by atoms with van der Waals surface area (Å²) < 4.78 is 25.2. The number of halogens is 1. The van der Waals surface area contributed by atoms with Crippen molar-refractivity contribution in [3.8, 4) is 5.75 Å². The number of phenols is 1. The van der Waals surface area contributed by atoms with Gasteiger partial charge in [0.05, 0.1) is 10.9 Å². The van der Waals surface area contributed by atoms with E-state index in [-0.39, 0.29) is 11.4 Å². The molecule has 2 N–H and O–H groups in total. The lowest BCUT2D eigenvalue weighted by atomic mass is 10.3. The number of sulfonamides is 1. The molecule has 0 atom stereocenters. The molecule has 1 rings (SSSR count). The summed E-state index contributed by atoms with van der Waals surface area (Å²) in [5, 5.41) is 9.21. The third-order valence-corrected chi connectivity index (χ3v) is 3.81. The van der Waals surface area contributed by atoms with Crippen molar-refractivity contribution in [1.82, 2.24) is 0 Å². The lowest BCUT2D eigenvalue weighted by molar-refractivity contribution is 0.477. The Balaban J connectivity index is 3.01. The molecule has 0 aromatic heterocycles. The van der Waals surface area contributed by atoms with Gasteiger partial charge >= 0.3 is 0 Å². The van der Waals surface area contributed by atoms with E-state index in [0.717, 1.165) is 0 Å². The maximum absolute atomic E-state index is 11.5. The molecule has 4 nitrogen and oxygen atoms in total. The molecule has 0 aliphatic heterocycles. The van der Waals surface area contributed by atoms with Gasteiger partial charge in [-0.1, -0.05) is 11.6 Å². The van der Waals surface area contributed by atoms with Crippen molar-refractivity contribution in [3.05, 3.63) is 23.2 Å². The van der Waals surface area contributed by atoms with Gasteiger partial charge in [0, 0.05) is 11.1 Å². The summed E-state index contributed by atoms with van der Waals surface area (Å²) in [7, 11) is -3.44. The van der Waals surface area contributed by atoms with E-state index >= 15 is 0 Å². The summed E-state index contributed by atoms with van der Waals surface area (Å²) >= 11 is 5.61. The second-order valence-electron chi connectivity index (χ2n) is 3.36. The van der Waals surface area contributed by atoms with Gasteiger partial charge in [0.15, 0.2) is 0 Å². The first-order valence-corrected chi connectivity index (χ1v) is 6.25. The number of nitrogens with one attached hydrogen (secondary N) is 1. The lowest BCUT2D eigenvalue weighted by Crippen LogP contribution is -2.22. The maximum atomic E-state index is 11.5. The first kappa shape index (κ1) is 12.1. The third-order valence-electron chi connectivity index (χ3n) is 1.83. The van der Waals surface area contributed by atoms with Gasteiger partial charge in [-0.15, -0.1) is 0 Å². The van der Waals surface area contributed by atoms with Gasteiger partial charge in [-0.3, -0.25) is 4.72 Å². The summed E-state index contributed by atoms with van der Waals surface area (Å²) in [5.41, 5.74) is 0.133. The van der Waals surface area contributed by atoms with Gasteiger partial charge in [-0.2, -0.15) is 0 Å². The molecule has 15 heavy (non-hydrogen) atoms. The van der Waals surface area contributed by atoms with E-state index in [2.05, 4.69) is 4.72 Å². The van der Waals surface area contributed by atoms with Gasteiger partial charge in [-0.25, -0.2) is 8.42 Å². The minimum Gasteiger partial charge on any atom is -0.506 e. The Hall–Kier alpha value is -0.940. The molecule has 0 amide bonds. The van der Waals surface area contributed by atoms with Crippen LogP contribution in [0.15, 0.2) is 18.2 Å². The van der Waals surface area contributed by atoms with Crippen LogP contribution in [0.25, 0.3) is 0 Å². The monoisotopic (exact) mass is 249 g/mol. The highest BCUT2D eigenvalue weighted by molar-refractivity contribution is 7.93. The summed E-state index contributed by atoms with van der Waals surface area (Å²) in [6.45, 7) is 3.10. The fraction of sp³-hybridized carbons (Fsp3) is 0.333. The van der Waals surface area contributed by atoms with Crippen LogP contribution in [-0.4, -0.2) is 18.8 Å². The highest BCUT2D eigenvalue weighted by Gasteiger charge is 2.17. The van der Waals surface area contributed by atoms with Gasteiger partial charge in [-0.05, 0) is 26.0 Å². The average Bonchev–Trinajstić information content (AvgIpc) is 2.09. The van der Waals surface area contributed by atoms with Gasteiger partial charge < -0.3 is 5.11 Å². The molecule has 1 aromatic rings. The minimum absolute atomic E-state index is 0.133. The van der Waals surface area contributed by atoms with E-state index in [1.54, 1.807) is 13.8 Å². The van der Waals surface area contributed by atoms with Crippen LogP contribution in [0.4, 0.5) is 5.69 Å². The smallest absolute Gasteiger partial charge is 0.235 e. The van der Waals surface area contributed by atoms with E-state index in [1.807, 2.05) is 0 Å². The average molecular weight is 250 g/mol. The van der Waals surface area contributed by atoms with E-state index in [9.17, 15) is 13.5 Å². The molecule has 0 radical (unpaired) electrons. The van der Waals surface area contributed by atoms with Crippen molar-refractivity contribution in [1.29, 1.82) is 0 Å². The zero-order valence-corrected chi connectivity index (χ0v) is 9.93. The largest absolute Gasteiger partial charge is 0.506 e. The van der Waals surface area contributed by atoms with E-state index in [0.29, 0.717) is 5.02 Å². The number of hydrogen-bond acceptors (Lipinski definition) is 3. The van der Waals surface area contributed by atoms with Crippen LogP contribution in [0.5, 0.6) is 5.75 Å². The molecule has 0 aliphatic carbocycles. The standard InChI is InChI=1S/C9H12ClNO3S/c1-6(2)15(13,14)11-8-4-3-7(10)5-9(8)12/h3-6,11-12H,1-2H3. The topological polar surface area (TPSA) is 66.4 Å². The molecule has 84 valence electrons. The molecule has 0 spiro atoms. The quantitative estimate of drug-likeness (QED) is 0.807. The molecular formula is C9H12ClNO3S. The predicted octanol–water partition coefficient (Wildman–Crippen LogP) is 2.20. The molecule has 1 aromatic carbocycles. The van der Waals surface area contributed by atoms with E-state index < -0.39 is 15.3 Å². The Bertz CT molecular complexity index is 456. The molecule has 6 heteroatoms. The summed E-state index contributed by atoms with van der Waals surface area (Å²) in [6.07, 6.45) is 0. The van der Waals surface area contributed by atoms with Crippen LogP contribution in [0, 0.1) is 0 Å². The van der Waals surface area contributed by atoms with E-state index in [1.165, 1.54) is 18.2 Å². The molecule has 0 heterocycles. The zero-order valence-electron chi connectivity index (χ0n) is 8.36. The van der Waals surface area contributed by atoms with Crippen molar-refractivity contribution in [3.63, 3.8) is 0 Å². The molecular weight excluding hydrogens is 238 g/mol. The van der Waals surface area contributed by atoms with E-state index in [4.69, 9.17) is 11.6 Å². The fourth-order valence-electron chi connectivity index (χ4n) is 0.862. The second kappa shape index (κ2) is 4.28. The fourth-order valence-corrected chi connectivity index (χ4v) is 1.74. The van der Waals surface area contributed by atoms with Gasteiger partial charge in [0.1, 0.15) is 5.75 Å². The second-order valence-corrected chi connectivity index (χ2v) is 6.03. The van der Waals surface area contributed by atoms with Crippen molar-refractivity contribution in [2.24, 2.45) is 0 Å². The van der Waals surface area contributed by atoms with Crippen molar-refractivity contribution < 1.29 is 13.5 Å². The van der Waals surface area contributed by atoms with Crippen LogP contribution >= 0.6 is 11.6 Å². The molecule has 0 fully saturated rings. The lowest BCUT2D eigenvalue weighted by Gasteiger charge is -2.11. The van der Waals surface area contributed by atoms with Crippen LogP contribution in [-0.2, 0) is 10.0 Å². The van der Waals surface area contributed by atoms with Gasteiger partial charge in [0.2, 0.25) is 10.0 Å². The van der Waals surface area contributed by atoms with Crippen molar-refractivity contribution in [2.45, 2.75) is 19.1 Å². The van der Waals surface area contributed by atoms with Gasteiger partial charge in [0.25, 0.3) is 0 Å². The van der Waals surface area contributed by atoms with Crippen LogP contribution in [0.2, 0.25) is 5.02 Å². The Kier molecular flexibility index (Phi) is 3.46. The number of phenolic OH excluding ortho intramolecular Hbond substituents is 1. The van der Waals surface area contributed by atoms with Crippen LogP contribution < -0.4 is 4.72 Å². The Morgan fingerprint density at radius 2 is 2.00 bits per heavy atom.